The van der Waals surface area contributed by atoms with E-state index in [0.717, 1.165) is 18.9 Å². The summed E-state index contributed by atoms with van der Waals surface area (Å²) in [7, 11) is 0. The number of benzene rings is 1. The van der Waals surface area contributed by atoms with E-state index < -0.39 is 11.6 Å². The minimum atomic E-state index is -1.04. The molecule has 2 nitrogen and oxygen atoms in total. The molecule has 3 unspecified atom stereocenters. The molecule has 0 spiro atoms. The second-order valence-corrected chi connectivity index (χ2v) is 4.68. The molecule has 4 heteroatoms. The number of hydrogen-bond acceptors (Lipinski definition) is 2. The highest BCUT2D eigenvalue weighted by Gasteiger charge is 2.45. The zero-order valence-electron chi connectivity index (χ0n) is 9.16. The maximum Gasteiger partial charge on any atom is 0.171 e. The molecule has 0 saturated carbocycles. The first-order valence-corrected chi connectivity index (χ1v) is 5.80. The lowest BCUT2D eigenvalue weighted by Gasteiger charge is -2.17. The van der Waals surface area contributed by atoms with Gasteiger partial charge in [-0.25, -0.2) is 8.78 Å². The van der Waals surface area contributed by atoms with E-state index >= 15 is 0 Å². The Morgan fingerprint density at radius 3 is 2.76 bits per heavy atom. The van der Waals surface area contributed by atoms with Crippen molar-refractivity contribution in [3.8, 4) is 0 Å². The number of ketones is 1. The Hall–Kier alpha value is -1.29. The number of carbonyl (C=O) groups excluding carboxylic acids is 1. The summed E-state index contributed by atoms with van der Waals surface area (Å²) in [6.45, 7) is 0. The third-order valence-corrected chi connectivity index (χ3v) is 3.66. The Balaban J connectivity index is 1.89. The van der Waals surface area contributed by atoms with Crippen LogP contribution >= 0.6 is 0 Å². The van der Waals surface area contributed by atoms with E-state index in [9.17, 15) is 13.6 Å². The van der Waals surface area contributed by atoms with Gasteiger partial charge in [0.25, 0.3) is 0 Å². The van der Waals surface area contributed by atoms with Crippen LogP contribution in [0, 0.1) is 17.6 Å². The van der Waals surface area contributed by atoms with Crippen LogP contribution in [0.3, 0.4) is 0 Å². The summed E-state index contributed by atoms with van der Waals surface area (Å²) >= 11 is 0. The van der Waals surface area contributed by atoms with Gasteiger partial charge >= 0.3 is 0 Å². The molecule has 17 heavy (non-hydrogen) atoms. The van der Waals surface area contributed by atoms with Gasteiger partial charge in [0.15, 0.2) is 17.4 Å². The predicted octanol–water partition coefficient (Wildman–Crippen LogP) is 2.72. The fourth-order valence-electron chi connectivity index (χ4n) is 2.81. The van der Waals surface area contributed by atoms with Crippen molar-refractivity contribution in [3.05, 3.63) is 35.4 Å². The van der Waals surface area contributed by atoms with E-state index in [1.807, 2.05) is 0 Å². The van der Waals surface area contributed by atoms with Crippen molar-refractivity contribution >= 4 is 5.78 Å². The lowest BCUT2D eigenvalue weighted by molar-refractivity contribution is 0.0739. The number of fused-ring (bicyclic) bond motifs is 2. The summed E-state index contributed by atoms with van der Waals surface area (Å²) in [5.74, 6) is -2.64. The summed E-state index contributed by atoms with van der Waals surface area (Å²) in [6, 6.07) is 3.72. The molecule has 0 radical (unpaired) electrons. The molecule has 3 atom stereocenters. The molecule has 2 aliphatic heterocycles. The molecular formula is C13H12F2O2. The monoisotopic (exact) mass is 238 g/mol. The van der Waals surface area contributed by atoms with Gasteiger partial charge in [-0.3, -0.25) is 4.79 Å². The lowest BCUT2D eigenvalue weighted by Crippen LogP contribution is -2.26. The Bertz CT molecular complexity index is 472. The highest BCUT2D eigenvalue weighted by molar-refractivity contribution is 5.98. The summed E-state index contributed by atoms with van der Waals surface area (Å²) in [4.78, 5) is 12.1. The molecule has 1 aromatic rings. The minimum Gasteiger partial charge on any atom is -0.374 e. The number of hydrogen-bond donors (Lipinski definition) is 0. The molecule has 2 bridgehead atoms. The minimum absolute atomic E-state index is 0.102. The first-order valence-electron chi connectivity index (χ1n) is 5.80. The summed E-state index contributed by atoms with van der Waals surface area (Å²) in [6.07, 6.45) is 2.48. The molecule has 1 aromatic carbocycles. The fourth-order valence-corrected chi connectivity index (χ4v) is 2.81. The van der Waals surface area contributed by atoms with Crippen molar-refractivity contribution in [1.82, 2.24) is 0 Å². The van der Waals surface area contributed by atoms with Gasteiger partial charge in [0.1, 0.15) is 0 Å². The second kappa shape index (κ2) is 3.88. The summed E-state index contributed by atoms with van der Waals surface area (Å²) < 4.78 is 32.1. The second-order valence-electron chi connectivity index (χ2n) is 4.68. The molecule has 0 aromatic heterocycles. The number of rotatable bonds is 2. The third kappa shape index (κ3) is 1.67. The number of ether oxygens (including phenoxy) is 1. The molecule has 2 saturated heterocycles. The van der Waals surface area contributed by atoms with E-state index in [1.54, 1.807) is 0 Å². The van der Waals surface area contributed by atoms with Crippen LogP contribution in [0.2, 0.25) is 0 Å². The average Bonchev–Trinajstić information content (AvgIpc) is 2.94. The zero-order valence-corrected chi connectivity index (χ0v) is 9.16. The van der Waals surface area contributed by atoms with Gasteiger partial charge < -0.3 is 4.74 Å². The van der Waals surface area contributed by atoms with Crippen LogP contribution < -0.4 is 0 Å². The lowest BCUT2D eigenvalue weighted by atomic mass is 9.83. The van der Waals surface area contributed by atoms with Gasteiger partial charge in [-0.1, -0.05) is 6.07 Å². The van der Waals surface area contributed by atoms with Crippen LogP contribution in [0.5, 0.6) is 0 Å². The van der Waals surface area contributed by atoms with Gasteiger partial charge in [-0.2, -0.15) is 0 Å². The van der Waals surface area contributed by atoms with E-state index in [1.165, 1.54) is 12.1 Å². The first-order chi connectivity index (χ1) is 8.16. The fraction of sp³-hybridized carbons (Fsp3) is 0.462. The largest absolute Gasteiger partial charge is 0.374 e. The number of halogens is 2. The van der Waals surface area contributed by atoms with Crippen molar-refractivity contribution in [2.45, 2.75) is 31.5 Å². The Morgan fingerprint density at radius 2 is 2.12 bits per heavy atom. The van der Waals surface area contributed by atoms with E-state index in [2.05, 4.69) is 0 Å². The van der Waals surface area contributed by atoms with Crippen LogP contribution in [0.4, 0.5) is 8.78 Å². The van der Waals surface area contributed by atoms with Crippen molar-refractivity contribution < 1.29 is 18.3 Å². The van der Waals surface area contributed by atoms with Crippen LogP contribution in [0.25, 0.3) is 0 Å². The van der Waals surface area contributed by atoms with Crippen molar-refractivity contribution in [2.24, 2.45) is 5.92 Å². The smallest absolute Gasteiger partial charge is 0.171 e. The maximum atomic E-state index is 13.5. The van der Waals surface area contributed by atoms with Gasteiger partial charge in [-0.15, -0.1) is 0 Å². The molecule has 0 aliphatic carbocycles. The Labute approximate surface area is 97.6 Å². The van der Waals surface area contributed by atoms with Crippen molar-refractivity contribution in [3.63, 3.8) is 0 Å². The highest BCUT2D eigenvalue weighted by atomic mass is 19.2. The molecule has 0 amide bonds. The molecule has 0 N–H and O–H groups in total. The molecule has 2 aliphatic rings. The molecule has 2 fully saturated rings. The third-order valence-electron chi connectivity index (χ3n) is 3.66. The van der Waals surface area contributed by atoms with Crippen LogP contribution in [-0.2, 0) is 4.74 Å². The van der Waals surface area contributed by atoms with Crippen molar-refractivity contribution in [1.29, 1.82) is 0 Å². The quantitative estimate of drug-likeness (QED) is 0.740. The normalized spacial score (nSPS) is 30.8. The van der Waals surface area contributed by atoms with Gasteiger partial charge in [0.2, 0.25) is 0 Å². The topological polar surface area (TPSA) is 26.3 Å². The SMILES string of the molecule is O=C(c1cccc(F)c1F)C1CC2CCC1O2. The van der Waals surface area contributed by atoms with Gasteiger partial charge in [0, 0.05) is 0 Å². The standard InChI is InChI=1S/C13H12F2O2/c14-10-3-1-2-8(12(10)15)13(16)9-6-7-4-5-11(9)17-7/h1-3,7,9,11H,4-6H2. The molecule has 2 heterocycles. The Kier molecular flexibility index (Phi) is 2.47. The van der Waals surface area contributed by atoms with Crippen LogP contribution in [0.15, 0.2) is 18.2 Å². The van der Waals surface area contributed by atoms with Crippen LogP contribution in [0.1, 0.15) is 29.6 Å². The van der Waals surface area contributed by atoms with Gasteiger partial charge in [0.05, 0.1) is 23.7 Å². The van der Waals surface area contributed by atoms with Gasteiger partial charge in [-0.05, 0) is 31.4 Å². The zero-order chi connectivity index (χ0) is 12.0. The number of carbonyl (C=O) groups is 1. The van der Waals surface area contributed by atoms with Crippen molar-refractivity contribution in [2.75, 3.05) is 0 Å². The predicted molar refractivity (Wildman–Crippen MR) is 56.7 cm³/mol. The summed E-state index contributed by atoms with van der Waals surface area (Å²) in [5, 5.41) is 0. The summed E-state index contributed by atoms with van der Waals surface area (Å²) in [5.41, 5.74) is -0.147. The maximum absolute atomic E-state index is 13.5. The van der Waals surface area contributed by atoms with E-state index in [0.29, 0.717) is 6.42 Å². The average molecular weight is 238 g/mol. The van der Waals surface area contributed by atoms with E-state index in [4.69, 9.17) is 4.74 Å². The van der Waals surface area contributed by atoms with Crippen LogP contribution in [-0.4, -0.2) is 18.0 Å². The first kappa shape index (κ1) is 10.8. The number of Topliss-reactive ketones (excluding diaryl/α,β-unsaturated/α-hetero) is 1. The molecular weight excluding hydrogens is 226 g/mol. The molecule has 90 valence electrons. The van der Waals surface area contributed by atoms with E-state index in [-0.39, 0.29) is 29.5 Å². The Morgan fingerprint density at radius 1 is 1.29 bits per heavy atom. The highest BCUT2D eigenvalue weighted by Crippen LogP contribution is 2.40. The molecule has 3 rings (SSSR count).